The van der Waals surface area contributed by atoms with Gasteiger partial charge in [-0.25, -0.2) is 0 Å². The van der Waals surface area contributed by atoms with Gasteiger partial charge in [0.05, 0.1) is 12.2 Å². The lowest BCUT2D eigenvalue weighted by Gasteiger charge is -2.08. The molecule has 0 heterocycles. The van der Waals surface area contributed by atoms with Crippen LogP contribution in [0.25, 0.3) is 0 Å². The number of carbonyl (C=O) groups is 3. The van der Waals surface area contributed by atoms with Crippen molar-refractivity contribution < 1.29 is 14.4 Å². The molecule has 0 atom stereocenters. The molecule has 0 unspecified atom stereocenters. The first-order chi connectivity index (χ1) is 14.9. The Bertz CT molecular complexity index is 1090. The highest BCUT2D eigenvalue weighted by Gasteiger charge is 2.08. The Morgan fingerprint density at radius 2 is 1.52 bits per heavy atom. The van der Waals surface area contributed by atoms with Crippen molar-refractivity contribution in [2.75, 3.05) is 16.4 Å². The van der Waals surface area contributed by atoms with E-state index in [-0.39, 0.29) is 24.0 Å². The van der Waals surface area contributed by atoms with Crippen molar-refractivity contribution in [3.05, 3.63) is 88.9 Å². The molecular formula is C23H20ClN3O3S. The third kappa shape index (κ3) is 7.16. The molecule has 0 bridgehead atoms. The SMILES string of the molecule is NC(=O)c1ccc(NC(=O)CSc2cccc(NC(=O)Cc3ccc(Cl)cc3)c2)cc1. The normalized spacial score (nSPS) is 10.4. The molecule has 3 rings (SSSR count). The Morgan fingerprint density at radius 1 is 0.839 bits per heavy atom. The van der Waals surface area contributed by atoms with Gasteiger partial charge in [0.15, 0.2) is 0 Å². The Labute approximate surface area is 189 Å². The molecule has 8 heteroatoms. The lowest BCUT2D eigenvalue weighted by Crippen LogP contribution is -2.15. The maximum absolute atomic E-state index is 12.3. The van der Waals surface area contributed by atoms with E-state index in [4.69, 9.17) is 17.3 Å². The van der Waals surface area contributed by atoms with Crippen LogP contribution in [-0.2, 0) is 16.0 Å². The van der Waals surface area contributed by atoms with Crippen molar-refractivity contribution in [2.45, 2.75) is 11.3 Å². The van der Waals surface area contributed by atoms with Crippen LogP contribution < -0.4 is 16.4 Å². The predicted octanol–water partition coefficient (Wildman–Crippen LogP) is 4.35. The summed E-state index contributed by atoms with van der Waals surface area (Å²) < 4.78 is 0. The molecule has 0 radical (unpaired) electrons. The lowest BCUT2D eigenvalue weighted by atomic mass is 10.1. The highest BCUT2D eigenvalue weighted by atomic mass is 35.5. The number of carbonyl (C=O) groups excluding carboxylic acids is 3. The molecule has 158 valence electrons. The van der Waals surface area contributed by atoms with Crippen molar-refractivity contribution in [1.82, 2.24) is 0 Å². The molecule has 0 saturated heterocycles. The summed E-state index contributed by atoms with van der Waals surface area (Å²) in [6.07, 6.45) is 0.242. The highest BCUT2D eigenvalue weighted by molar-refractivity contribution is 8.00. The maximum Gasteiger partial charge on any atom is 0.248 e. The summed E-state index contributed by atoms with van der Waals surface area (Å²) in [6.45, 7) is 0. The van der Waals surface area contributed by atoms with Crippen LogP contribution in [0.15, 0.2) is 77.7 Å². The Balaban J connectivity index is 1.50. The quantitative estimate of drug-likeness (QED) is 0.441. The number of halogens is 1. The second-order valence-electron chi connectivity index (χ2n) is 6.66. The van der Waals surface area contributed by atoms with Crippen LogP contribution in [0.5, 0.6) is 0 Å². The molecule has 3 aromatic carbocycles. The summed E-state index contributed by atoms with van der Waals surface area (Å²) in [6, 6.07) is 20.8. The molecule has 0 fully saturated rings. The zero-order valence-corrected chi connectivity index (χ0v) is 18.0. The number of nitrogens with one attached hydrogen (secondary N) is 2. The van der Waals surface area contributed by atoms with Crippen molar-refractivity contribution in [2.24, 2.45) is 5.73 Å². The van der Waals surface area contributed by atoms with Crippen LogP contribution in [0.3, 0.4) is 0 Å². The number of nitrogens with two attached hydrogens (primary N) is 1. The van der Waals surface area contributed by atoms with Gasteiger partial charge in [-0.15, -0.1) is 11.8 Å². The van der Waals surface area contributed by atoms with E-state index in [1.165, 1.54) is 11.8 Å². The van der Waals surface area contributed by atoms with Crippen LogP contribution in [0.1, 0.15) is 15.9 Å². The Morgan fingerprint density at radius 3 is 2.19 bits per heavy atom. The Kier molecular flexibility index (Phi) is 7.70. The van der Waals surface area contributed by atoms with Gasteiger partial charge >= 0.3 is 0 Å². The van der Waals surface area contributed by atoms with E-state index in [1.807, 2.05) is 30.3 Å². The number of anilines is 2. The molecular weight excluding hydrogens is 434 g/mol. The second-order valence-corrected chi connectivity index (χ2v) is 8.14. The minimum atomic E-state index is -0.520. The molecule has 0 aliphatic heterocycles. The fourth-order valence-corrected chi connectivity index (χ4v) is 3.60. The average molecular weight is 454 g/mol. The van der Waals surface area contributed by atoms with E-state index >= 15 is 0 Å². The van der Waals surface area contributed by atoms with E-state index in [2.05, 4.69) is 10.6 Å². The molecule has 0 aliphatic rings. The third-order valence-electron chi connectivity index (χ3n) is 4.22. The van der Waals surface area contributed by atoms with E-state index in [0.717, 1.165) is 10.5 Å². The number of hydrogen-bond acceptors (Lipinski definition) is 4. The van der Waals surface area contributed by atoms with Crippen LogP contribution in [0.4, 0.5) is 11.4 Å². The smallest absolute Gasteiger partial charge is 0.248 e. The van der Waals surface area contributed by atoms with E-state index < -0.39 is 5.91 Å². The minimum absolute atomic E-state index is 0.137. The first-order valence-corrected chi connectivity index (χ1v) is 10.7. The standard InChI is InChI=1S/C23H20ClN3O3S/c24-17-8-4-15(5-9-17)12-21(28)27-19-2-1-3-20(13-19)31-14-22(29)26-18-10-6-16(7-11-18)23(25)30/h1-11,13H,12,14H2,(H2,25,30)(H,26,29)(H,27,28). The summed E-state index contributed by atoms with van der Waals surface area (Å²) in [5.41, 5.74) is 7.69. The van der Waals surface area contributed by atoms with Gasteiger partial charge < -0.3 is 16.4 Å². The van der Waals surface area contributed by atoms with Crippen LogP contribution in [-0.4, -0.2) is 23.5 Å². The summed E-state index contributed by atoms with van der Waals surface area (Å²) in [5.74, 6) is -0.649. The molecule has 0 spiro atoms. The number of benzene rings is 3. The van der Waals surface area contributed by atoms with Gasteiger partial charge in [-0.1, -0.05) is 29.8 Å². The summed E-state index contributed by atoms with van der Waals surface area (Å²) in [5, 5.41) is 6.25. The third-order valence-corrected chi connectivity index (χ3v) is 5.46. The van der Waals surface area contributed by atoms with Crippen molar-refractivity contribution in [3.8, 4) is 0 Å². The summed E-state index contributed by atoms with van der Waals surface area (Å²) in [7, 11) is 0. The number of thioether (sulfide) groups is 1. The fourth-order valence-electron chi connectivity index (χ4n) is 2.72. The van der Waals surface area contributed by atoms with E-state index in [9.17, 15) is 14.4 Å². The topological polar surface area (TPSA) is 101 Å². The molecule has 6 nitrogen and oxygen atoms in total. The zero-order valence-electron chi connectivity index (χ0n) is 16.4. The minimum Gasteiger partial charge on any atom is -0.366 e. The monoisotopic (exact) mass is 453 g/mol. The van der Waals surface area contributed by atoms with Gasteiger partial charge in [0, 0.05) is 26.9 Å². The zero-order chi connectivity index (χ0) is 22.2. The first kappa shape index (κ1) is 22.4. The molecule has 3 amide bonds. The number of primary amides is 1. The molecule has 0 aliphatic carbocycles. The molecule has 0 aromatic heterocycles. The average Bonchev–Trinajstić information content (AvgIpc) is 2.74. The molecule has 31 heavy (non-hydrogen) atoms. The van der Waals surface area contributed by atoms with Crippen molar-refractivity contribution in [1.29, 1.82) is 0 Å². The second kappa shape index (κ2) is 10.7. The number of hydrogen-bond donors (Lipinski definition) is 3. The molecule has 4 N–H and O–H groups in total. The number of amides is 3. The van der Waals surface area contributed by atoms with Crippen molar-refractivity contribution in [3.63, 3.8) is 0 Å². The molecule has 3 aromatic rings. The largest absolute Gasteiger partial charge is 0.366 e. The van der Waals surface area contributed by atoms with Crippen LogP contribution in [0, 0.1) is 0 Å². The van der Waals surface area contributed by atoms with Crippen molar-refractivity contribution >= 4 is 52.5 Å². The van der Waals surface area contributed by atoms with Crippen LogP contribution in [0.2, 0.25) is 5.02 Å². The summed E-state index contributed by atoms with van der Waals surface area (Å²) in [4.78, 5) is 36.4. The fraction of sp³-hybridized carbons (Fsp3) is 0.0870. The van der Waals surface area contributed by atoms with E-state index in [0.29, 0.717) is 22.0 Å². The van der Waals surface area contributed by atoms with Crippen LogP contribution >= 0.6 is 23.4 Å². The van der Waals surface area contributed by atoms with Gasteiger partial charge in [-0.3, -0.25) is 14.4 Å². The number of rotatable bonds is 8. The van der Waals surface area contributed by atoms with Gasteiger partial charge in [0.25, 0.3) is 0 Å². The van der Waals surface area contributed by atoms with Gasteiger partial charge in [-0.05, 0) is 60.2 Å². The molecule has 0 saturated carbocycles. The van der Waals surface area contributed by atoms with Gasteiger partial charge in [0.2, 0.25) is 17.7 Å². The van der Waals surface area contributed by atoms with E-state index in [1.54, 1.807) is 42.5 Å². The van der Waals surface area contributed by atoms with Gasteiger partial charge in [0.1, 0.15) is 0 Å². The first-order valence-electron chi connectivity index (χ1n) is 9.36. The Hall–Kier alpha value is -3.29. The summed E-state index contributed by atoms with van der Waals surface area (Å²) >= 11 is 7.21. The highest BCUT2D eigenvalue weighted by Crippen LogP contribution is 2.22. The maximum atomic E-state index is 12.3. The van der Waals surface area contributed by atoms with Gasteiger partial charge in [-0.2, -0.15) is 0 Å². The lowest BCUT2D eigenvalue weighted by molar-refractivity contribution is -0.115. The predicted molar refractivity (Wildman–Crippen MR) is 125 cm³/mol.